The maximum atomic E-state index is 12.3. The van der Waals surface area contributed by atoms with Crippen LogP contribution in [0.2, 0.25) is 0 Å². The molecule has 1 saturated heterocycles. The fraction of sp³-hybridized carbons (Fsp3) is 0.353. The van der Waals surface area contributed by atoms with Crippen molar-refractivity contribution >= 4 is 11.7 Å². The van der Waals surface area contributed by atoms with Crippen LogP contribution in [0.25, 0.3) is 0 Å². The van der Waals surface area contributed by atoms with Crippen molar-refractivity contribution in [1.29, 1.82) is 0 Å². The number of likely N-dealkylation sites (tertiary alicyclic amines) is 1. The molecule has 6 nitrogen and oxygen atoms in total. The second-order valence-electron chi connectivity index (χ2n) is 5.65. The predicted octanol–water partition coefficient (Wildman–Crippen LogP) is 2.86. The van der Waals surface area contributed by atoms with Crippen molar-refractivity contribution in [3.63, 3.8) is 0 Å². The third-order valence-corrected chi connectivity index (χ3v) is 3.87. The van der Waals surface area contributed by atoms with Gasteiger partial charge in [0.15, 0.2) is 0 Å². The van der Waals surface area contributed by atoms with Crippen LogP contribution in [0.4, 0.5) is 10.5 Å². The van der Waals surface area contributed by atoms with E-state index in [1.807, 2.05) is 36.1 Å². The number of hydrogen-bond donors (Lipinski definition) is 1. The van der Waals surface area contributed by atoms with E-state index in [0.29, 0.717) is 19.0 Å². The van der Waals surface area contributed by atoms with Crippen molar-refractivity contribution in [2.75, 3.05) is 18.4 Å². The van der Waals surface area contributed by atoms with Crippen LogP contribution in [0.3, 0.4) is 0 Å². The molecule has 2 amide bonds. The molecular formula is C17H20N4O2. The van der Waals surface area contributed by atoms with Crippen LogP contribution in [0.1, 0.15) is 18.4 Å². The molecule has 1 aliphatic heterocycles. The van der Waals surface area contributed by atoms with Gasteiger partial charge in [0.25, 0.3) is 0 Å². The van der Waals surface area contributed by atoms with E-state index in [9.17, 15) is 4.79 Å². The van der Waals surface area contributed by atoms with Gasteiger partial charge in [0, 0.05) is 43.9 Å². The number of carbonyl (C=O) groups is 1. The lowest BCUT2D eigenvalue weighted by Crippen LogP contribution is -2.43. The number of benzene rings is 1. The van der Waals surface area contributed by atoms with Gasteiger partial charge in [-0.25, -0.2) is 14.8 Å². The molecule has 2 aromatic rings. The Morgan fingerprint density at radius 1 is 1.22 bits per heavy atom. The molecule has 0 radical (unpaired) electrons. The first-order valence-electron chi connectivity index (χ1n) is 7.76. The number of nitrogens with zero attached hydrogens (tertiary/aromatic N) is 3. The minimum Gasteiger partial charge on any atom is -0.474 e. The zero-order valence-electron chi connectivity index (χ0n) is 13.1. The van der Waals surface area contributed by atoms with E-state index >= 15 is 0 Å². The molecule has 3 rings (SSSR count). The van der Waals surface area contributed by atoms with Gasteiger partial charge in [-0.15, -0.1) is 0 Å². The van der Waals surface area contributed by atoms with Gasteiger partial charge in [-0.3, -0.25) is 0 Å². The van der Waals surface area contributed by atoms with Gasteiger partial charge in [0.2, 0.25) is 5.88 Å². The number of nitrogens with one attached hydrogen (secondary N) is 1. The highest BCUT2D eigenvalue weighted by Crippen LogP contribution is 2.18. The SMILES string of the molecule is Cc1ccc(NC(=O)N2CCC(Oc3ccncn3)CC2)cc1. The number of aromatic nitrogens is 2. The number of anilines is 1. The summed E-state index contributed by atoms with van der Waals surface area (Å²) in [6, 6.07) is 9.48. The Hall–Kier alpha value is -2.63. The average Bonchev–Trinajstić information content (AvgIpc) is 2.58. The summed E-state index contributed by atoms with van der Waals surface area (Å²) in [5.41, 5.74) is 1.99. The summed E-state index contributed by atoms with van der Waals surface area (Å²) in [6.07, 6.45) is 4.82. The third-order valence-electron chi connectivity index (χ3n) is 3.87. The van der Waals surface area contributed by atoms with Crippen LogP contribution < -0.4 is 10.1 Å². The maximum Gasteiger partial charge on any atom is 0.321 e. The largest absolute Gasteiger partial charge is 0.474 e. The highest BCUT2D eigenvalue weighted by molar-refractivity contribution is 5.89. The molecular weight excluding hydrogens is 292 g/mol. The molecule has 1 aliphatic rings. The Morgan fingerprint density at radius 3 is 2.61 bits per heavy atom. The lowest BCUT2D eigenvalue weighted by Gasteiger charge is -2.31. The predicted molar refractivity (Wildman–Crippen MR) is 87.5 cm³/mol. The Bertz CT molecular complexity index is 637. The molecule has 0 spiro atoms. The summed E-state index contributed by atoms with van der Waals surface area (Å²) in [5.74, 6) is 0.586. The molecule has 1 fully saturated rings. The number of ether oxygens (including phenoxy) is 1. The summed E-state index contributed by atoms with van der Waals surface area (Å²) in [5, 5.41) is 2.93. The van der Waals surface area contributed by atoms with Crippen LogP contribution in [-0.2, 0) is 0 Å². The van der Waals surface area contributed by atoms with E-state index in [-0.39, 0.29) is 12.1 Å². The molecule has 0 bridgehead atoms. The number of hydrogen-bond acceptors (Lipinski definition) is 4. The Kier molecular flexibility index (Phi) is 4.71. The van der Waals surface area contributed by atoms with Gasteiger partial charge in [0.05, 0.1) is 0 Å². The number of urea groups is 1. The summed E-state index contributed by atoms with van der Waals surface area (Å²) < 4.78 is 5.81. The van der Waals surface area contributed by atoms with E-state index in [1.165, 1.54) is 11.9 Å². The fourth-order valence-electron chi connectivity index (χ4n) is 2.54. The first kappa shape index (κ1) is 15.3. The molecule has 23 heavy (non-hydrogen) atoms. The number of rotatable bonds is 3. The van der Waals surface area contributed by atoms with E-state index in [4.69, 9.17) is 4.74 Å². The molecule has 0 saturated carbocycles. The standard InChI is InChI=1S/C17H20N4O2/c1-13-2-4-14(5-3-13)20-17(22)21-10-7-15(8-11-21)23-16-6-9-18-12-19-16/h2-6,9,12,15H,7-8,10-11H2,1H3,(H,20,22). The normalized spacial score (nSPS) is 15.3. The van der Waals surface area contributed by atoms with E-state index in [1.54, 1.807) is 12.3 Å². The van der Waals surface area contributed by atoms with Gasteiger partial charge in [0.1, 0.15) is 12.4 Å². The molecule has 1 aromatic heterocycles. The number of amides is 2. The second kappa shape index (κ2) is 7.09. The van der Waals surface area contributed by atoms with Crippen LogP contribution in [0, 0.1) is 6.92 Å². The average molecular weight is 312 g/mol. The minimum atomic E-state index is -0.0608. The Labute approximate surface area is 135 Å². The first-order valence-corrected chi connectivity index (χ1v) is 7.76. The summed E-state index contributed by atoms with van der Waals surface area (Å²) >= 11 is 0. The molecule has 0 aliphatic carbocycles. The van der Waals surface area contributed by atoms with Gasteiger partial charge in [-0.05, 0) is 19.1 Å². The quantitative estimate of drug-likeness (QED) is 0.946. The van der Waals surface area contributed by atoms with Gasteiger partial charge in [-0.1, -0.05) is 17.7 Å². The molecule has 2 heterocycles. The summed E-state index contributed by atoms with van der Waals surface area (Å²) in [6.45, 7) is 3.37. The van der Waals surface area contributed by atoms with E-state index < -0.39 is 0 Å². The van der Waals surface area contributed by atoms with Crippen molar-refractivity contribution in [2.45, 2.75) is 25.9 Å². The van der Waals surface area contributed by atoms with Crippen molar-refractivity contribution in [1.82, 2.24) is 14.9 Å². The van der Waals surface area contributed by atoms with Crippen LogP contribution >= 0.6 is 0 Å². The van der Waals surface area contributed by atoms with Crippen molar-refractivity contribution in [2.24, 2.45) is 0 Å². The molecule has 120 valence electrons. The van der Waals surface area contributed by atoms with Crippen molar-refractivity contribution in [3.05, 3.63) is 48.4 Å². The van der Waals surface area contributed by atoms with E-state index in [0.717, 1.165) is 18.5 Å². The highest BCUT2D eigenvalue weighted by atomic mass is 16.5. The lowest BCUT2D eigenvalue weighted by molar-refractivity contribution is 0.111. The second-order valence-corrected chi connectivity index (χ2v) is 5.65. The third kappa shape index (κ3) is 4.18. The fourth-order valence-corrected chi connectivity index (χ4v) is 2.54. The first-order chi connectivity index (χ1) is 11.2. The van der Waals surface area contributed by atoms with Crippen LogP contribution in [0.15, 0.2) is 42.9 Å². The number of aryl methyl sites for hydroxylation is 1. The van der Waals surface area contributed by atoms with Crippen molar-refractivity contribution < 1.29 is 9.53 Å². The van der Waals surface area contributed by atoms with Gasteiger partial charge >= 0.3 is 6.03 Å². The Morgan fingerprint density at radius 2 is 1.96 bits per heavy atom. The molecule has 0 unspecified atom stereocenters. The number of carbonyl (C=O) groups excluding carboxylic acids is 1. The van der Waals surface area contributed by atoms with Gasteiger partial charge in [-0.2, -0.15) is 0 Å². The number of piperidine rings is 1. The topological polar surface area (TPSA) is 67.4 Å². The van der Waals surface area contributed by atoms with Crippen LogP contribution in [-0.4, -0.2) is 40.1 Å². The summed E-state index contributed by atoms with van der Waals surface area (Å²) in [4.78, 5) is 22.0. The van der Waals surface area contributed by atoms with E-state index in [2.05, 4.69) is 15.3 Å². The summed E-state index contributed by atoms with van der Waals surface area (Å²) in [7, 11) is 0. The Balaban J connectivity index is 1.48. The molecule has 6 heteroatoms. The lowest BCUT2D eigenvalue weighted by atomic mass is 10.1. The van der Waals surface area contributed by atoms with Gasteiger partial charge < -0.3 is 15.0 Å². The molecule has 0 atom stereocenters. The molecule has 1 N–H and O–H groups in total. The smallest absolute Gasteiger partial charge is 0.321 e. The highest BCUT2D eigenvalue weighted by Gasteiger charge is 2.24. The zero-order chi connectivity index (χ0) is 16.1. The van der Waals surface area contributed by atoms with Crippen LogP contribution in [0.5, 0.6) is 5.88 Å². The molecule has 1 aromatic carbocycles. The maximum absolute atomic E-state index is 12.3. The monoisotopic (exact) mass is 312 g/mol. The zero-order valence-corrected chi connectivity index (χ0v) is 13.1. The minimum absolute atomic E-state index is 0.0608. The van der Waals surface area contributed by atoms with Crippen molar-refractivity contribution in [3.8, 4) is 5.88 Å².